The van der Waals surface area contributed by atoms with Crippen LogP contribution in [0.5, 0.6) is 0 Å². The molecule has 0 aromatic heterocycles. The zero-order valence-corrected chi connectivity index (χ0v) is 11.0. The lowest BCUT2D eigenvalue weighted by Crippen LogP contribution is -2.43. The summed E-state index contributed by atoms with van der Waals surface area (Å²) in [5.74, 6) is -2.33. The van der Waals surface area contributed by atoms with Crippen molar-refractivity contribution < 1.29 is 32.0 Å². The van der Waals surface area contributed by atoms with Gasteiger partial charge in [0.05, 0.1) is 18.8 Å². The van der Waals surface area contributed by atoms with Crippen molar-refractivity contribution in [2.24, 2.45) is 5.73 Å². The average Bonchev–Trinajstić information content (AvgIpc) is 2.24. The zero-order valence-electron chi connectivity index (χ0n) is 10.2. The van der Waals surface area contributed by atoms with Crippen molar-refractivity contribution in [2.75, 3.05) is 12.4 Å². The molecule has 0 aliphatic rings. The van der Waals surface area contributed by atoms with E-state index < -0.39 is 46.4 Å². The van der Waals surface area contributed by atoms with Crippen LogP contribution in [0.25, 0.3) is 0 Å². The number of nitrogens with two attached hydrogens (primary N) is 1. The van der Waals surface area contributed by atoms with Crippen molar-refractivity contribution in [3.05, 3.63) is 0 Å². The van der Waals surface area contributed by atoms with Crippen LogP contribution in [0, 0.1) is 0 Å². The van der Waals surface area contributed by atoms with E-state index in [9.17, 15) is 18.0 Å². The lowest BCUT2D eigenvalue weighted by molar-refractivity contribution is -0.155. The molecule has 0 rings (SSSR count). The summed E-state index contributed by atoms with van der Waals surface area (Å²) in [5.41, 5.74) is 5.46. The molecule has 0 aromatic carbocycles. The number of esters is 2. The Hall–Kier alpha value is -1.19. The number of ether oxygens (including phenoxy) is 2. The summed E-state index contributed by atoms with van der Waals surface area (Å²) in [5, 5.41) is 0. The predicted octanol–water partition coefficient (Wildman–Crippen LogP) is -0.914. The molecule has 0 aliphatic heterocycles. The highest BCUT2D eigenvalue weighted by Gasteiger charge is 2.25. The highest BCUT2D eigenvalue weighted by Crippen LogP contribution is 2.02. The summed E-state index contributed by atoms with van der Waals surface area (Å²) >= 11 is 0. The van der Waals surface area contributed by atoms with Crippen LogP contribution in [0.3, 0.4) is 0 Å². The maximum Gasteiger partial charge on any atom is 0.326 e. The summed E-state index contributed by atoms with van der Waals surface area (Å²) in [6.07, 6.45) is -1.46. The summed E-state index contributed by atoms with van der Waals surface area (Å²) in [6, 6.07) is -1.14. The molecule has 106 valence electrons. The Bertz CT molecular complexity index is 392. The third-order valence-electron chi connectivity index (χ3n) is 1.95. The van der Waals surface area contributed by atoms with Crippen molar-refractivity contribution in [3.63, 3.8) is 0 Å². The van der Waals surface area contributed by atoms with Gasteiger partial charge in [-0.2, -0.15) is 8.42 Å². The molecule has 0 spiro atoms. The Labute approximate surface area is 105 Å². The second-order valence-electron chi connectivity index (χ2n) is 3.51. The molecule has 0 saturated heterocycles. The molecule has 18 heavy (non-hydrogen) atoms. The molecule has 0 aliphatic carbocycles. The van der Waals surface area contributed by atoms with Crippen LogP contribution in [-0.2, 0) is 29.2 Å². The molecule has 0 amide bonds. The summed E-state index contributed by atoms with van der Waals surface area (Å²) < 4.78 is 38.6. The Balaban J connectivity index is 4.18. The molecular weight excluding hydrogens is 266 g/mol. The van der Waals surface area contributed by atoms with Gasteiger partial charge in [0.15, 0.2) is 0 Å². The first-order valence-electron chi connectivity index (χ1n) is 5.24. The molecule has 0 bridgehead atoms. The van der Waals surface area contributed by atoms with E-state index in [1.54, 1.807) is 6.92 Å². The van der Waals surface area contributed by atoms with Crippen LogP contribution >= 0.6 is 0 Å². The van der Waals surface area contributed by atoms with Gasteiger partial charge in [0.2, 0.25) is 0 Å². The second kappa shape index (κ2) is 7.29. The van der Waals surface area contributed by atoms with E-state index in [1.165, 1.54) is 6.92 Å². The smallest absolute Gasteiger partial charge is 0.326 e. The van der Waals surface area contributed by atoms with Gasteiger partial charge in [0.1, 0.15) is 12.1 Å². The number of rotatable bonds is 7. The number of carbonyl (C=O) groups excluding carboxylic acids is 2. The average molecular weight is 283 g/mol. The van der Waals surface area contributed by atoms with Gasteiger partial charge in [0.25, 0.3) is 10.1 Å². The molecule has 0 fully saturated rings. The fourth-order valence-corrected chi connectivity index (χ4v) is 1.41. The Kier molecular flexibility index (Phi) is 6.81. The minimum absolute atomic E-state index is 0.149. The van der Waals surface area contributed by atoms with Crippen molar-refractivity contribution in [1.29, 1.82) is 0 Å². The molecule has 3 N–H and O–H groups in total. The molecule has 0 aromatic rings. The minimum Gasteiger partial charge on any atom is -0.465 e. The highest BCUT2D eigenvalue weighted by atomic mass is 32.2. The first kappa shape index (κ1) is 16.8. The van der Waals surface area contributed by atoms with Crippen molar-refractivity contribution >= 4 is 22.1 Å². The molecular formula is C9H17NO7S. The summed E-state index contributed by atoms with van der Waals surface area (Å²) in [6.45, 7) is 3.14. The summed E-state index contributed by atoms with van der Waals surface area (Å²) in [4.78, 5) is 22.4. The van der Waals surface area contributed by atoms with Crippen LogP contribution < -0.4 is 5.73 Å². The first-order valence-corrected chi connectivity index (χ1v) is 6.85. The monoisotopic (exact) mass is 283 g/mol. The quantitative estimate of drug-likeness (QED) is 0.453. The maximum atomic E-state index is 11.2. The van der Waals surface area contributed by atoms with E-state index in [1.807, 2.05) is 0 Å². The minimum atomic E-state index is -4.22. The Morgan fingerprint density at radius 2 is 1.94 bits per heavy atom. The van der Waals surface area contributed by atoms with E-state index in [0.717, 1.165) is 0 Å². The fraction of sp³-hybridized carbons (Fsp3) is 0.778. The van der Waals surface area contributed by atoms with Gasteiger partial charge in [-0.25, -0.2) is 0 Å². The fourth-order valence-electron chi connectivity index (χ4n) is 0.982. The van der Waals surface area contributed by atoms with Crippen molar-refractivity contribution in [1.82, 2.24) is 0 Å². The maximum absolute atomic E-state index is 11.2. The lowest BCUT2D eigenvalue weighted by Gasteiger charge is -2.18. The molecule has 2 atom stereocenters. The van der Waals surface area contributed by atoms with E-state index in [0.29, 0.717) is 0 Å². The zero-order chi connectivity index (χ0) is 14.3. The topological polar surface area (TPSA) is 133 Å². The van der Waals surface area contributed by atoms with Crippen molar-refractivity contribution in [3.8, 4) is 0 Å². The first-order chi connectivity index (χ1) is 8.17. The van der Waals surface area contributed by atoms with Gasteiger partial charge in [-0.05, 0) is 13.8 Å². The van der Waals surface area contributed by atoms with Gasteiger partial charge in [-0.3, -0.25) is 14.1 Å². The number of hydrogen-bond acceptors (Lipinski definition) is 7. The van der Waals surface area contributed by atoms with E-state index in [4.69, 9.17) is 15.0 Å². The van der Waals surface area contributed by atoms with Gasteiger partial charge in [-0.1, -0.05) is 0 Å². The predicted molar refractivity (Wildman–Crippen MR) is 61.2 cm³/mol. The van der Waals surface area contributed by atoms with Gasteiger partial charge in [-0.15, -0.1) is 0 Å². The van der Waals surface area contributed by atoms with E-state index in [2.05, 4.69) is 4.74 Å². The Morgan fingerprint density at radius 3 is 2.39 bits per heavy atom. The Morgan fingerprint density at radius 1 is 1.39 bits per heavy atom. The normalized spacial score (nSPS) is 14.7. The highest BCUT2D eigenvalue weighted by molar-refractivity contribution is 7.85. The SMILES string of the molecule is CCOC(=O)C(N)C(C)OC(=O)CCS(=O)(=O)O. The van der Waals surface area contributed by atoms with E-state index >= 15 is 0 Å². The van der Waals surface area contributed by atoms with Crippen LogP contribution in [0.2, 0.25) is 0 Å². The second-order valence-corrected chi connectivity index (χ2v) is 5.08. The van der Waals surface area contributed by atoms with Crippen LogP contribution in [-0.4, -0.2) is 49.4 Å². The molecule has 0 heterocycles. The number of carbonyl (C=O) groups is 2. The van der Waals surface area contributed by atoms with Crippen LogP contribution in [0.1, 0.15) is 20.3 Å². The number of hydrogen-bond donors (Lipinski definition) is 2. The third kappa shape index (κ3) is 7.20. The van der Waals surface area contributed by atoms with Crippen LogP contribution in [0.15, 0.2) is 0 Å². The third-order valence-corrected chi connectivity index (χ3v) is 2.67. The lowest BCUT2D eigenvalue weighted by atomic mass is 10.2. The van der Waals surface area contributed by atoms with Crippen LogP contribution in [0.4, 0.5) is 0 Å². The molecule has 0 saturated carbocycles. The molecule has 8 nitrogen and oxygen atoms in total. The van der Waals surface area contributed by atoms with Crippen molar-refractivity contribution in [2.45, 2.75) is 32.4 Å². The van der Waals surface area contributed by atoms with Gasteiger partial charge >= 0.3 is 11.9 Å². The molecule has 0 radical (unpaired) electrons. The molecule has 9 heteroatoms. The summed E-state index contributed by atoms with van der Waals surface area (Å²) in [7, 11) is -4.22. The van der Waals surface area contributed by atoms with Gasteiger partial charge in [0, 0.05) is 0 Å². The van der Waals surface area contributed by atoms with E-state index in [-0.39, 0.29) is 6.61 Å². The van der Waals surface area contributed by atoms with Gasteiger partial charge < -0.3 is 15.2 Å². The standard InChI is InChI=1S/C9H17NO7S/c1-3-16-9(12)8(10)6(2)17-7(11)4-5-18(13,14)15/h6,8H,3-5,10H2,1-2H3,(H,13,14,15). The molecule has 2 unspecified atom stereocenters. The largest absolute Gasteiger partial charge is 0.465 e.